The summed E-state index contributed by atoms with van der Waals surface area (Å²) in [6.07, 6.45) is -3.43. The van der Waals surface area contributed by atoms with Crippen LogP contribution in [0.2, 0.25) is 5.28 Å². The Morgan fingerprint density at radius 3 is 2.53 bits per heavy atom. The Labute approximate surface area is 112 Å². The second-order valence-electron chi connectivity index (χ2n) is 4.14. The van der Waals surface area contributed by atoms with E-state index in [1.165, 1.54) is 0 Å². The van der Waals surface area contributed by atoms with Crippen LogP contribution in [0.4, 0.5) is 13.2 Å². The van der Waals surface area contributed by atoms with Gasteiger partial charge in [0.2, 0.25) is 5.28 Å². The maximum absolute atomic E-state index is 13.0. The molecule has 1 aliphatic rings. The molecule has 4 nitrogen and oxygen atoms in total. The van der Waals surface area contributed by atoms with Crippen LogP contribution in [0.15, 0.2) is 12.4 Å². The van der Waals surface area contributed by atoms with E-state index in [0.717, 1.165) is 25.2 Å². The Morgan fingerprint density at radius 2 is 2.00 bits per heavy atom. The second-order valence-corrected chi connectivity index (χ2v) is 4.48. The maximum atomic E-state index is 13.0. The summed E-state index contributed by atoms with van der Waals surface area (Å²) in [5.74, 6) is 0. The zero-order valence-electron chi connectivity index (χ0n) is 9.86. The molecule has 0 saturated carbocycles. The van der Waals surface area contributed by atoms with Crippen LogP contribution in [-0.4, -0.2) is 29.0 Å². The van der Waals surface area contributed by atoms with Crippen LogP contribution in [-0.2, 0) is 9.47 Å². The molecule has 2 atom stereocenters. The molecule has 1 fully saturated rings. The average molecular weight is 297 g/mol. The van der Waals surface area contributed by atoms with Gasteiger partial charge in [0.1, 0.15) is 0 Å². The van der Waals surface area contributed by atoms with E-state index in [-0.39, 0.29) is 10.8 Å². The van der Waals surface area contributed by atoms with E-state index < -0.39 is 18.6 Å². The normalized spacial score (nSPS) is 22.2. The van der Waals surface area contributed by atoms with Crippen molar-refractivity contribution in [1.29, 1.82) is 0 Å². The molecule has 0 N–H and O–H groups in total. The zero-order chi connectivity index (χ0) is 13.9. The summed E-state index contributed by atoms with van der Waals surface area (Å²) in [4.78, 5) is 7.08. The van der Waals surface area contributed by atoms with Crippen LogP contribution >= 0.6 is 11.6 Å². The molecule has 1 aromatic rings. The highest BCUT2D eigenvalue weighted by Crippen LogP contribution is 2.37. The number of ether oxygens (including phenoxy) is 2. The summed E-state index contributed by atoms with van der Waals surface area (Å²) in [6, 6.07) is 0. The van der Waals surface area contributed by atoms with Gasteiger partial charge in [-0.25, -0.2) is 9.97 Å². The van der Waals surface area contributed by atoms with Crippen molar-refractivity contribution in [1.82, 2.24) is 9.97 Å². The van der Waals surface area contributed by atoms with Crippen molar-refractivity contribution in [2.45, 2.75) is 37.8 Å². The van der Waals surface area contributed by atoms with Crippen LogP contribution < -0.4 is 0 Å². The minimum Gasteiger partial charge on any atom is -0.353 e. The third kappa shape index (κ3) is 4.02. The van der Waals surface area contributed by atoms with Crippen molar-refractivity contribution >= 4 is 11.6 Å². The molecule has 2 rings (SSSR count). The lowest BCUT2D eigenvalue weighted by molar-refractivity contribution is -0.282. The van der Waals surface area contributed by atoms with Gasteiger partial charge in [-0.3, -0.25) is 0 Å². The highest BCUT2D eigenvalue weighted by Gasteiger charge is 2.44. The third-order valence-electron chi connectivity index (χ3n) is 2.67. The van der Waals surface area contributed by atoms with Gasteiger partial charge in [0.15, 0.2) is 12.4 Å². The molecule has 0 radical (unpaired) electrons. The molecule has 1 saturated heterocycles. The molecule has 1 aliphatic heterocycles. The van der Waals surface area contributed by atoms with E-state index >= 15 is 0 Å². The van der Waals surface area contributed by atoms with Crippen molar-refractivity contribution < 1.29 is 22.6 Å². The Kier molecular flexibility index (Phi) is 4.59. The number of hydrogen-bond donors (Lipinski definition) is 0. The SMILES string of the molecule is FC(F)(F)C(OC1CCCCO1)c1cnc(Cl)nc1. The van der Waals surface area contributed by atoms with Gasteiger partial charge in [-0.15, -0.1) is 0 Å². The highest BCUT2D eigenvalue weighted by molar-refractivity contribution is 6.28. The van der Waals surface area contributed by atoms with E-state index in [1.807, 2.05) is 0 Å². The van der Waals surface area contributed by atoms with Gasteiger partial charge in [-0.2, -0.15) is 13.2 Å². The minimum absolute atomic E-state index is 0.112. The fraction of sp³-hybridized carbons (Fsp3) is 0.636. The first-order chi connectivity index (χ1) is 8.97. The molecule has 0 bridgehead atoms. The summed E-state index contributed by atoms with van der Waals surface area (Å²) >= 11 is 5.45. The van der Waals surface area contributed by atoms with Gasteiger partial charge in [-0.1, -0.05) is 0 Å². The third-order valence-corrected chi connectivity index (χ3v) is 2.86. The molecular formula is C11H12ClF3N2O2. The number of nitrogens with zero attached hydrogens (tertiary/aromatic N) is 2. The summed E-state index contributed by atoms with van der Waals surface area (Å²) in [5.41, 5.74) is -0.189. The summed E-state index contributed by atoms with van der Waals surface area (Å²) in [7, 11) is 0. The molecule has 2 heterocycles. The second kappa shape index (κ2) is 6.02. The fourth-order valence-electron chi connectivity index (χ4n) is 1.77. The van der Waals surface area contributed by atoms with E-state index in [9.17, 15) is 13.2 Å². The number of hydrogen-bond acceptors (Lipinski definition) is 4. The predicted molar refractivity (Wildman–Crippen MR) is 60.5 cm³/mol. The number of halogens is 4. The maximum Gasteiger partial charge on any atom is 0.419 e. The molecule has 106 valence electrons. The van der Waals surface area contributed by atoms with Crippen molar-refractivity contribution in [2.24, 2.45) is 0 Å². The smallest absolute Gasteiger partial charge is 0.353 e. The Bertz CT molecular complexity index is 407. The molecule has 0 aromatic carbocycles. The lowest BCUT2D eigenvalue weighted by Gasteiger charge is -2.28. The predicted octanol–water partition coefficient (Wildman–Crippen LogP) is 3.28. The van der Waals surface area contributed by atoms with Crippen molar-refractivity contribution in [2.75, 3.05) is 6.61 Å². The standard InChI is InChI=1S/C11H12ClF3N2O2/c12-10-16-5-7(6-17-10)9(11(13,14)15)19-8-3-1-2-4-18-8/h5-6,8-9H,1-4H2. The number of rotatable bonds is 3. The topological polar surface area (TPSA) is 44.2 Å². The highest BCUT2D eigenvalue weighted by atomic mass is 35.5. The first-order valence-corrected chi connectivity index (χ1v) is 6.16. The fourth-order valence-corrected chi connectivity index (χ4v) is 1.87. The zero-order valence-corrected chi connectivity index (χ0v) is 10.6. The average Bonchev–Trinajstić information content (AvgIpc) is 2.37. The van der Waals surface area contributed by atoms with E-state index in [1.54, 1.807) is 0 Å². The minimum atomic E-state index is -4.56. The van der Waals surface area contributed by atoms with Gasteiger partial charge in [0.25, 0.3) is 0 Å². The quantitative estimate of drug-likeness (QED) is 0.803. The largest absolute Gasteiger partial charge is 0.419 e. The number of aromatic nitrogens is 2. The molecule has 0 amide bonds. The first kappa shape index (κ1) is 14.5. The molecule has 19 heavy (non-hydrogen) atoms. The Hall–Kier alpha value is -0.920. The Morgan fingerprint density at radius 1 is 1.32 bits per heavy atom. The number of alkyl halides is 3. The van der Waals surface area contributed by atoms with Crippen LogP contribution in [0.1, 0.15) is 30.9 Å². The van der Waals surface area contributed by atoms with Crippen molar-refractivity contribution in [3.63, 3.8) is 0 Å². The van der Waals surface area contributed by atoms with Crippen molar-refractivity contribution in [3.8, 4) is 0 Å². The van der Waals surface area contributed by atoms with Crippen LogP contribution in [0.5, 0.6) is 0 Å². The molecular weight excluding hydrogens is 285 g/mol. The Balaban J connectivity index is 2.13. The molecule has 0 aliphatic carbocycles. The van der Waals surface area contributed by atoms with Gasteiger partial charge in [0, 0.05) is 24.6 Å². The van der Waals surface area contributed by atoms with Crippen LogP contribution in [0.25, 0.3) is 0 Å². The summed E-state index contributed by atoms with van der Waals surface area (Å²) < 4.78 is 49.1. The summed E-state index contributed by atoms with van der Waals surface area (Å²) in [6.45, 7) is 0.409. The van der Waals surface area contributed by atoms with Gasteiger partial charge in [-0.05, 0) is 30.9 Å². The molecule has 0 spiro atoms. The monoisotopic (exact) mass is 296 g/mol. The van der Waals surface area contributed by atoms with Crippen LogP contribution in [0, 0.1) is 0 Å². The molecule has 2 unspecified atom stereocenters. The van der Waals surface area contributed by atoms with Gasteiger partial charge in [0.05, 0.1) is 0 Å². The molecule has 1 aromatic heterocycles. The van der Waals surface area contributed by atoms with Gasteiger partial charge < -0.3 is 9.47 Å². The molecule has 8 heteroatoms. The van der Waals surface area contributed by atoms with E-state index in [2.05, 4.69) is 9.97 Å². The van der Waals surface area contributed by atoms with E-state index in [4.69, 9.17) is 21.1 Å². The summed E-state index contributed by atoms with van der Waals surface area (Å²) in [5, 5.41) is -0.112. The van der Waals surface area contributed by atoms with E-state index in [0.29, 0.717) is 13.0 Å². The first-order valence-electron chi connectivity index (χ1n) is 5.78. The van der Waals surface area contributed by atoms with Crippen LogP contribution in [0.3, 0.4) is 0 Å². The lowest BCUT2D eigenvalue weighted by Crippen LogP contribution is -2.31. The van der Waals surface area contributed by atoms with Gasteiger partial charge >= 0.3 is 6.18 Å². The van der Waals surface area contributed by atoms with Crippen molar-refractivity contribution in [3.05, 3.63) is 23.2 Å². The lowest BCUT2D eigenvalue weighted by atomic mass is 10.1.